The summed E-state index contributed by atoms with van der Waals surface area (Å²) < 4.78 is 1.76. The topological polar surface area (TPSA) is 58.4 Å². The number of aromatic nitrogens is 4. The predicted octanol–water partition coefficient (Wildman–Crippen LogP) is 0.549. The summed E-state index contributed by atoms with van der Waals surface area (Å²) in [5, 5.41) is 7.71. The summed E-state index contributed by atoms with van der Waals surface area (Å²) in [5.74, 6) is 1.63. The van der Waals surface area contributed by atoms with Gasteiger partial charge >= 0.3 is 0 Å². The van der Waals surface area contributed by atoms with E-state index in [9.17, 15) is 0 Å². The molecule has 0 bridgehead atoms. The summed E-state index contributed by atoms with van der Waals surface area (Å²) in [6.45, 7) is 4.18. The summed E-state index contributed by atoms with van der Waals surface area (Å²) in [5.41, 5.74) is 0.958. The lowest BCUT2D eigenvalue weighted by molar-refractivity contribution is 0.414. The first-order valence-corrected chi connectivity index (χ1v) is 5.85. The number of nitrogens with one attached hydrogen (secondary N) is 1. The number of nitrogens with zero attached hydrogens (tertiary/aromatic N) is 5. The summed E-state index contributed by atoms with van der Waals surface area (Å²) in [4.78, 5) is 10.8. The Balaban J connectivity index is 1.91. The van der Waals surface area contributed by atoms with E-state index < -0.39 is 0 Å². The predicted molar refractivity (Wildman–Crippen MR) is 65.0 cm³/mol. The van der Waals surface area contributed by atoms with E-state index in [4.69, 9.17) is 0 Å². The summed E-state index contributed by atoms with van der Waals surface area (Å²) in [6, 6.07) is 2.49. The summed E-state index contributed by atoms with van der Waals surface area (Å²) in [6.07, 6.45) is 2.70. The van der Waals surface area contributed by atoms with Gasteiger partial charge in [-0.05, 0) is 26.9 Å². The van der Waals surface area contributed by atoms with E-state index in [-0.39, 0.29) is 0 Å². The van der Waals surface area contributed by atoms with E-state index in [1.807, 2.05) is 13.0 Å². The van der Waals surface area contributed by atoms with Crippen molar-refractivity contribution in [3.05, 3.63) is 18.1 Å². The highest BCUT2D eigenvalue weighted by Gasteiger charge is 2.20. The van der Waals surface area contributed by atoms with Gasteiger partial charge in [0, 0.05) is 24.3 Å². The van der Waals surface area contributed by atoms with Gasteiger partial charge in [0.25, 0.3) is 5.78 Å². The van der Waals surface area contributed by atoms with Gasteiger partial charge in [0.2, 0.25) is 0 Å². The van der Waals surface area contributed by atoms with Crippen LogP contribution in [0.25, 0.3) is 5.78 Å². The average molecular weight is 232 g/mol. The highest BCUT2D eigenvalue weighted by molar-refractivity contribution is 5.45. The fraction of sp³-hybridized carbons (Fsp3) is 0.545. The molecule has 0 aliphatic carbocycles. The van der Waals surface area contributed by atoms with Crippen molar-refractivity contribution in [2.45, 2.75) is 19.4 Å². The van der Waals surface area contributed by atoms with Gasteiger partial charge in [-0.25, -0.2) is 4.98 Å². The Bertz CT molecular complexity index is 534. The summed E-state index contributed by atoms with van der Waals surface area (Å²) in [7, 11) is 2.14. The second-order valence-electron chi connectivity index (χ2n) is 4.65. The molecule has 0 radical (unpaired) electrons. The van der Waals surface area contributed by atoms with E-state index in [0.29, 0.717) is 11.8 Å². The van der Waals surface area contributed by atoms with Crippen molar-refractivity contribution in [3.63, 3.8) is 0 Å². The van der Waals surface area contributed by atoms with Gasteiger partial charge in [0.05, 0.1) is 0 Å². The molecule has 0 saturated carbocycles. The lowest BCUT2D eigenvalue weighted by Crippen LogP contribution is -2.24. The van der Waals surface area contributed by atoms with Crippen LogP contribution in [0.4, 0.5) is 5.82 Å². The Hall–Kier alpha value is -1.69. The molecule has 90 valence electrons. The van der Waals surface area contributed by atoms with Crippen LogP contribution in [-0.2, 0) is 0 Å². The van der Waals surface area contributed by atoms with E-state index in [1.165, 1.54) is 6.33 Å². The number of anilines is 1. The molecule has 0 aromatic carbocycles. The van der Waals surface area contributed by atoms with Crippen LogP contribution in [0, 0.1) is 6.92 Å². The zero-order valence-electron chi connectivity index (χ0n) is 10.1. The van der Waals surface area contributed by atoms with Crippen molar-refractivity contribution in [2.75, 3.05) is 25.5 Å². The van der Waals surface area contributed by atoms with Crippen LogP contribution in [0.5, 0.6) is 0 Å². The molecule has 1 atom stereocenters. The van der Waals surface area contributed by atoms with E-state index >= 15 is 0 Å². The molecule has 3 rings (SSSR count). The van der Waals surface area contributed by atoms with Gasteiger partial charge in [-0.3, -0.25) is 0 Å². The third kappa shape index (κ3) is 1.95. The molecule has 6 nitrogen and oxygen atoms in total. The molecular weight excluding hydrogens is 216 g/mol. The smallest absolute Gasteiger partial charge is 0.254 e. The van der Waals surface area contributed by atoms with Gasteiger partial charge in [-0.15, -0.1) is 0 Å². The molecule has 2 aromatic heterocycles. The SMILES string of the molecule is Cc1cc(NC2CCN(C)C2)n2ncnc2n1. The van der Waals surface area contributed by atoms with Gasteiger partial charge < -0.3 is 10.2 Å². The van der Waals surface area contributed by atoms with E-state index in [1.54, 1.807) is 4.52 Å². The molecule has 17 heavy (non-hydrogen) atoms. The Kier molecular flexibility index (Phi) is 2.44. The fourth-order valence-corrected chi connectivity index (χ4v) is 2.30. The Morgan fingerprint density at radius 1 is 1.47 bits per heavy atom. The van der Waals surface area contributed by atoms with Gasteiger partial charge in [-0.1, -0.05) is 0 Å². The average Bonchev–Trinajstić information content (AvgIpc) is 2.87. The van der Waals surface area contributed by atoms with Gasteiger partial charge in [0.15, 0.2) is 0 Å². The second-order valence-corrected chi connectivity index (χ2v) is 4.65. The first kappa shape index (κ1) is 10.5. The Labute approximate surface area is 99.7 Å². The van der Waals surface area contributed by atoms with Crippen LogP contribution in [-0.4, -0.2) is 50.7 Å². The number of fused-ring (bicyclic) bond motifs is 1. The van der Waals surface area contributed by atoms with Crippen LogP contribution in [0.15, 0.2) is 12.4 Å². The number of aryl methyl sites for hydroxylation is 1. The lowest BCUT2D eigenvalue weighted by atomic mass is 10.2. The third-order valence-corrected chi connectivity index (χ3v) is 3.12. The highest BCUT2D eigenvalue weighted by Crippen LogP contribution is 2.15. The van der Waals surface area contributed by atoms with Crippen molar-refractivity contribution in [1.82, 2.24) is 24.5 Å². The lowest BCUT2D eigenvalue weighted by Gasteiger charge is -2.15. The van der Waals surface area contributed by atoms with Crippen molar-refractivity contribution in [1.29, 1.82) is 0 Å². The van der Waals surface area contributed by atoms with Crippen molar-refractivity contribution < 1.29 is 0 Å². The quantitative estimate of drug-likeness (QED) is 0.819. The number of hydrogen-bond acceptors (Lipinski definition) is 5. The largest absolute Gasteiger partial charge is 0.366 e. The van der Waals surface area contributed by atoms with Crippen LogP contribution >= 0.6 is 0 Å². The fourth-order valence-electron chi connectivity index (χ4n) is 2.30. The molecule has 2 aromatic rings. The first-order valence-electron chi connectivity index (χ1n) is 5.85. The minimum atomic E-state index is 0.481. The van der Waals surface area contributed by atoms with Crippen LogP contribution in [0.1, 0.15) is 12.1 Å². The second kappa shape index (κ2) is 3.96. The maximum atomic E-state index is 4.32. The van der Waals surface area contributed by atoms with Gasteiger partial charge in [-0.2, -0.15) is 14.6 Å². The molecular formula is C11H16N6. The molecule has 0 amide bonds. The van der Waals surface area contributed by atoms with Crippen LogP contribution in [0.3, 0.4) is 0 Å². The maximum Gasteiger partial charge on any atom is 0.254 e. The zero-order chi connectivity index (χ0) is 11.8. The number of hydrogen-bond donors (Lipinski definition) is 1. The normalized spacial score (nSPS) is 21.2. The van der Waals surface area contributed by atoms with E-state index in [2.05, 4.69) is 32.3 Å². The molecule has 1 unspecified atom stereocenters. The monoisotopic (exact) mass is 232 g/mol. The molecule has 3 heterocycles. The Morgan fingerprint density at radius 3 is 3.12 bits per heavy atom. The summed E-state index contributed by atoms with van der Waals surface area (Å²) >= 11 is 0. The first-order chi connectivity index (χ1) is 8.22. The number of likely N-dealkylation sites (tertiary alicyclic amines) is 1. The zero-order valence-corrected chi connectivity index (χ0v) is 10.1. The minimum absolute atomic E-state index is 0.481. The van der Waals surface area contributed by atoms with Crippen LogP contribution < -0.4 is 5.32 Å². The molecule has 1 saturated heterocycles. The van der Waals surface area contributed by atoms with Gasteiger partial charge in [0.1, 0.15) is 12.1 Å². The van der Waals surface area contributed by atoms with E-state index in [0.717, 1.165) is 31.0 Å². The highest BCUT2D eigenvalue weighted by atomic mass is 15.4. The maximum absolute atomic E-state index is 4.32. The molecule has 6 heteroatoms. The van der Waals surface area contributed by atoms with Crippen molar-refractivity contribution >= 4 is 11.6 Å². The third-order valence-electron chi connectivity index (χ3n) is 3.12. The van der Waals surface area contributed by atoms with Crippen molar-refractivity contribution in [2.24, 2.45) is 0 Å². The molecule has 1 aliphatic rings. The molecule has 1 N–H and O–H groups in total. The Morgan fingerprint density at radius 2 is 2.35 bits per heavy atom. The standard InChI is InChI=1S/C11H16N6/c1-8-5-10(15-9-3-4-16(2)6-9)17-11(14-8)12-7-13-17/h5,7,9,15H,3-4,6H2,1-2H3. The molecule has 0 spiro atoms. The molecule has 1 aliphatic heterocycles. The number of likely N-dealkylation sites (N-methyl/N-ethyl adjacent to an activating group) is 1. The minimum Gasteiger partial charge on any atom is -0.366 e. The van der Waals surface area contributed by atoms with Crippen molar-refractivity contribution in [3.8, 4) is 0 Å². The van der Waals surface area contributed by atoms with Crippen LogP contribution in [0.2, 0.25) is 0 Å². The molecule has 1 fully saturated rings. The number of rotatable bonds is 2.